The monoisotopic (exact) mass is 358 g/mol. The minimum absolute atomic E-state index is 0. The lowest BCUT2D eigenvalue weighted by Crippen LogP contribution is -2.38. The van der Waals surface area contributed by atoms with E-state index >= 15 is 0 Å². The maximum absolute atomic E-state index is 12.3. The van der Waals surface area contributed by atoms with Gasteiger partial charge in [-0.2, -0.15) is 0 Å². The molecule has 1 saturated heterocycles. The van der Waals surface area contributed by atoms with Crippen molar-refractivity contribution < 1.29 is 13.2 Å². The maximum Gasteiger partial charge on any atom is 0.263 e. The van der Waals surface area contributed by atoms with E-state index in [2.05, 4.69) is 9.71 Å². The number of sulfonamides is 1. The van der Waals surface area contributed by atoms with Gasteiger partial charge in [-0.25, -0.2) is 8.42 Å². The number of nitrogens with one attached hydrogen (secondary N) is 1. The van der Waals surface area contributed by atoms with Crippen LogP contribution >= 0.6 is 12.4 Å². The summed E-state index contributed by atoms with van der Waals surface area (Å²) in [6.07, 6.45) is 0.782. The lowest BCUT2D eigenvalue weighted by Gasteiger charge is -2.18. The van der Waals surface area contributed by atoms with E-state index in [4.69, 9.17) is 5.73 Å². The van der Waals surface area contributed by atoms with Gasteiger partial charge in [-0.3, -0.25) is 14.5 Å². The number of halogens is 1. The molecule has 1 fully saturated rings. The minimum atomic E-state index is -3.58. The van der Waals surface area contributed by atoms with E-state index < -0.39 is 16.1 Å². The zero-order valence-corrected chi connectivity index (χ0v) is 14.2. The SMILES string of the molecule is CC(N=C1NS(=O)(=O)c2ccccc21)C(=O)N1CC[C@@H](N)C1.Cl. The fourth-order valence-corrected chi connectivity index (χ4v) is 3.97. The molecule has 0 bridgehead atoms. The van der Waals surface area contributed by atoms with Gasteiger partial charge in [0.05, 0.1) is 4.90 Å². The number of carbonyl (C=O) groups excluding carboxylic acids is 1. The Kier molecular flexibility index (Phi) is 4.98. The Bertz CT molecular complexity index is 750. The van der Waals surface area contributed by atoms with Crippen molar-refractivity contribution in [2.24, 2.45) is 10.7 Å². The van der Waals surface area contributed by atoms with E-state index in [-0.39, 0.29) is 35.1 Å². The average Bonchev–Trinajstić information content (AvgIpc) is 3.01. The summed E-state index contributed by atoms with van der Waals surface area (Å²) in [6, 6.07) is 5.94. The minimum Gasteiger partial charge on any atom is -0.339 e. The van der Waals surface area contributed by atoms with Gasteiger partial charge in [0, 0.05) is 24.7 Å². The maximum atomic E-state index is 12.3. The molecule has 2 heterocycles. The van der Waals surface area contributed by atoms with Crippen LogP contribution in [0.25, 0.3) is 0 Å². The van der Waals surface area contributed by atoms with Crippen LogP contribution in [0.5, 0.6) is 0 Å². The van der Waals surface area contributed by atoms with Gasteiger partial charge >= 0.3 is 0 Å². The van der Waals surface area contributed by atoms with Crippen molar-refractivity contribution in [2.75, 3.05) is 13.1 Å². The first-order valence-corrected chi connectivity index (χ1v) is 8.61. The fraction of sp³-hybridized carbons (Fsp3) is 0.429. The third kappa shape index (κ3) is 3.34. The fourth-order valence-electron chi connectivity index (χ4n) is 2.73. The van der Waals surface area contributed by atoms with Crippen LogP contribution in [0.1, 0.15) is 18.9 Å². The third-order valence-corrected chi connectivity index (χ3v) is 5.28. The average molecular weight is 359 g/mol. The van der Waals surface area contributed by atoms with Gasteiger partial charge in [0.1, 0.15) is 11.9 Å². The van der Waals surface area contributed by atoms with Gasteiger partial charge in [0.15, 0.2) is 0 Å². The number of nitrogens with two attached hydrogens (primary N) is 1. The molecule has 0 aromatic heterocycles. The van der Waals surface area contributed by atoms with Crippen LogP contribution < -0.4 is 10.5 Å². The topological polar surface area (TPSA) is 105 Å². The number of hydrogen-bond donors (Lipinski definition) is 2. The van der Waals surface area contributed by atoms with Crippen LogP contribution in [0.15, 0.2) is 34.2 Å². The Morgan fingerprint density at radius 3 is 2.78 bits per heavy atom. The van der Waals surface area contributed by atoms with Crippen molar-refractivity contribution in [1.82, 2.24) is 9.62 Å². The van der Waals surface area contributed by atoms with Crippen LogP contribution in [-0.4, -0.2) is 50.2 Å². The van der Waals surface area contributed by atoms with Crippen LogP contribution in [0.3, 0.4) is 0 Å². The normalized spacial score (nSPS) is 24.7. The van der Waals surface area contributed by atoms with Gasteiger partial charge in [0.2, 0.25) is 5.91 Å². The highest BCUT2D eigenvalue weighted by molar-refractivity contribution is 7.90. The van der Waals surface area contributed by atoms with Crippen LogP contribution in [0, 0.1) is 0 Å². The van der Waals surface area contributed by atoms with Crippen LogP contribution in [0.2, 0.25) is 0 Å². The molecule has 0 spiro atoms. The van der Waals surface area contributed by atoms with Crippen molar-refractivity contribution >= 4 is 34.2 Å². The third-order valence-electron chi connectivity index (χ3n) is 3.88. The molecule has 1 unspecified atom stereocenters. The van der Waals surface area contributed by atoms with E-state index in [1.807, 2.05) is 0 Å². The second kappa shape index (κ2) is 6.46. The molecule has 0 saturated carbocycles. The second-order valence-electron chi connectivity index (χ2n) is 5.59. The number of fused-ring (bicyclic) bond motifs is 1. The smallest absolute Gasteiger partial charge is 0.263 e. The molecule has 0 aliphatic carbocycles. The Morgan fingerprint density at radius 1 is 1.43 bits per heavy atom. The summed E-state index contributed by atoms with van der Waals surface area (Å²) in [4.78, 5) is 18.5. The number of benzene rings is 1. The summed E-state index contributed by atoms with van der Waals surface area (Å²) in [6.45, 7) is 2.81. The van der Waals surface area contributed by atoms with E-state index in [0.29, 0.717) is 18.7 Å². The lowest BCUT2D eigenvalue weighted by molar-refractivity contribution is -0.131. The van der Waals surface area contributed by atoms with Gasteiger partial charge in [-0.05, 0) is 25.5 Å². The number of amidine groups is 1. The second-order valence-corrected chi connectivity index (χ2v) is 7.24. The van der Waals surface area contributed by atoms with Crippen molar-refractivity contribution in [1.29, 1.82) is 0 Å². The molecule has 126 valence electrons. The molecule has 2 aliphatic heterocycles. The molecular weight excluding hydrogens is 340 g/mol. The van der Waals surface area contributed by atoms with Crippen LogP contribution in [0.4, 0.5) is 0 Å². The highest BCUT2D eigenvalue weighted by atomic mass is 35.5. The number of nitrogens with zero attached hydrogens (tertiary/aromatic N) is 2. The van der Waals surface area contributed by atoms with E-state index in [1.54, 1.807) is 30.0 Å². The molecule has 2 atom stereocenters. The quantitative estimate of drug-likeness (QED) is 0.781. The van der Waals surface area contributed by atoms with E-state index in [9.17, 15) is 13.2 Å². The molecule has 1 aromatic rings. The molecule has 3 rings (SSSR count). The molecular formula is C14H19ClN4O3S. The summed E-state index contributed by atoms with van der Waals surface area (Å²) in [5.74, 6) is 0.0870. The predicted molar refractivity (Wildman–Crippen MR) is 89.2 cm³/mol. The van der Waals surface area contributed by atoms with E-state index in [0.717, 1.165) is 6.42 Å². The first-order chi connectivity index (χ1) is 10.4. The summed E-state index contributed by atoms with van der Waals surface area (Å²) in [5, 5.41) is 0. The standard InChI is InChI=1S/C14H18N4O3S.ClH/c1-9(14(19)18-7-6-10(15)8-18)16-13-11-4-2-3-5-12(11)22(20,21)17-13;/h2-5,9-10H,6-8,15H2,1H3,(H,16,17);1H/t9?,10-;/m1./s1. The Labute approximate surface area is 141 Å². The number of carbonyl (C=O) groups is 1. The van der Waals surface area contributed by atoms with E-state index in [1.165, 1.54) is 6.07 Å². The summed E-state index contributed by atoms with van der Waals surface area (Å²) in [7, 11) is -3.58. The van der Waals surface area contributed by atoms with Gasteiger partial charge in [0.25, 0.3) is 10.0 Å². The molecule has 3 N–H and O–H groups in total. The molecule has 1 aromatic carbocycles. The molecule has 2 aliphatic rings. The largest absolute Gasteiger partial charge is 0.339 e. The van der Waals surface area contributed by atoms with Crippen molar-refractivity contribution in [3.05, 3.63) is 29.8 Å². The Hall–Kier alpha value is -1.64. The van der Waals surface area contributed by atoms with Crippen molar-refractivity contribution in [3.8, 4) is 0 Å². The molecule has 7 nitrogen and oxygen atoms in total. The molecule has 1 amide bonds. The summed E-state index contributed by atoms with van der Waals surface area (Å²) in [5.41, 5.74) is 6.30. The highest BCUT2D eigenvalue weighted by Crippen LogP contribution is 2.22. The highest BCUT2D eigenvalue weighted by Gasteiger charge is 2.32. The zero-order chi connectivity index (χ0) is 15.9. The van der Waals surface area contributed by atoms with Crippen molar-refractivity contribution in [2.45, 2.75) is 30.3 Å². The molecule has 9 heteroatoms. The summed E-state index contributed by atoms with van der Waals surface area (Å²) >= 11 is 0. The Morgan fingerprint density at radius 2 is 2.13 bits per heavy atom. The lowest BCUT2D eigenvalue weighted by atomic mass is 10.2. The first-order valence-electron chi connectivity index (χ1n) is 7.13. The van der Waals surface area contributed by atoms with Gasteiger partial charge in [-0.1, -0.05) is 12.1 Å². The number of hydrogen-bond acceptors (Lipinski definition) is 5. The number of likely N-dealkylation sites (tertiary alicyclic amines) is 1. The van der Waals surface area contributed by atoms with Crippen molar-refractivity contribution in [3.63, 3.8) is 0 Å². The first kappa shape index (κ1) is 17.7. The zero-order valence-electron chi connectivity index (χ0n) is 12.6. The van der Waals surface area contributed by atoms with Crippen LogP contribution in [-0.2, 0) is 14.8 Å². The predicted octanol–water partition coefficient (Wildman–Crippen LogP) is 0.0950. The van der Waals surface area contributed by atoms with Gasteiger partial charge < -0.3 is 10.6 Å². The number of rotatable bonds is 2. The summed E-state index contributed by atoms with van der Waals surface area (Å²) < 4.78 is 26.4. The molecule has 23 heavy (non-hydrogen) atoms. The van der Waals surface area contributed by atoms with Gasteiger partial charge in [-0.15, -0.1) is 12.4 Å². The molecule has 0 radical (unpaired) electrons. The Balaban J connectivity index is 0.00000192. The number of amides is 1. The number of aliphatic imine (C=N–C) groups is 1.